The van der Waals surface area contributed by atoms with E-state index in [0.717, 1.165) is 64.0 Å². The van der Waals surface area contributed by atoms with E-state index in [-0.39, 0.29) is 18.3 Å². The van der Waals surface area contributed by atoms with Gasteiger partial charge in [-0.3, -0.25) is 4.98 Å². The number of fused-ring (bicyclic) bond motifs is 3. The summed E-state index contributed by atoms with van der Waals surface area (Å²) in [5.41, 5.74) is 8.43. The minimum Gasteiger partial charge on any atom is -0.392 e. The Morgan fingerprint density at radius 2 is 1.90 bits per heavy atom. The second kappa shape index (κ2) is 7.77. The van der Waals surface area contributed by atoms with Gasteiger partial charge in [0.05, 0.1) is 18.9 Å². The summed E-state index contributed by atoms with van der Waals surface area (Å²) in [5.74, 6) is -0.142. The number of nitrogens with zero attached hydrogens (tertiary/aromatic N) is 2. The fraction of sp³-hybridized carbons (Fsp3) is 0.280. The summed E-state index contributed by atoms with van der Waals surface area (Å²) in [6, 6.07) is 12.3. The fourth-order valence-electron chi connectivity index (χ4n) is 4.30. The zero-order valence-corrected chi connectivity index (χ0v) is 16.7. The first-order valence-corrected chi connectivity index (χ1v) is 9.96. The van der Waals surface area contributed by atoms with Crippen LogP contribution in [0.5, 0.6) is 0 Å². The molecule has 0 saturated heterocycles. The Morgan fingerprint density at radius 3 is 2.55 bits per heavy atom. The van der Waals surface area contributed by atoms with Gasteiger partial charge in [0.2, 0.25) is 0 Å². The maximum atomic E-state index is 13.6. The lowest BCUT2D eigenvalue weighted by Crippen LogP contribution is -2.09. The van der Waals surface area contributed by atoms with Crippen LogP contribution >= 0.6 is 0 Å². The Balaban J connectivity index is 2.07. The molecule has 0 amide bonds. The number of halogens is 1. The fourth-order valence-corrected chi connectivity index (χ4v) is 4.30. The van der Waals surface area contributed by atoms with Crippen molar-refractivity contribution in [3.05, 3.63) is 82.1 Å². The summed E-state index contributed by atoms with van der Waals surface area (Å²) >= 11 is 0. The van der Waals surface area contributed by atoms with Gasteiger partial charge in [0.1, 0.15) is 5.82 Å². The van der Waals surface area contributed by atoms with Crippen LogP contribution in [0.4, 0.5) is 10.1 Å². The van der Waals surface area contributed by atoms with Gasteiger partial charge < -0.3 is 5.11 Å². The second-order valence-corrected chi connectivity index (χ2v) is 7.80. The van der Waals surface area contributed by atoms with Gasteiger partial charge in [0.25, 0.3) is 0 Å². The lowest BCUT2D eigenvalue weighted by Gasteiger charge is -2.22. The smallest absolute Gasteiger partial charge is 0.187 e. The van der Waals surface area contributed by atoms with Crippen molar-refractivity contribution in [1.29, 1.82) is 0 Å². The van der Waals surface area contributed by atoms with E-state index < -0.39 is 0 Å². The molecular formula is C25H23FN2O. The Morgan fingerprint density at radius 1 is 1.14 bits per heavy atom. The Hall–Kier alpha value is -3.03. The monoisotopic (exact) mass is 386 g/mol. The molecule has 2 aromatic carbocycles. The van der Waals surface area contributed by atoms with Gasteiger partial charge in [-0.25, -0.2) is 9.24 Å². The van der Waals surface area contributed by atoms with E-state index in [1.54, 1.807) is 12.1 Å². The first kappa shape index (κ1) is 19.3. The molecule has 3 aromatic rings. The predicted molar refractivity (Wildman–Crippen MR) is 113 cm³/mol. The van der Waals surface area contributed by atoms with Crippen LogP contribution in [-0.2, 0) is 19.4 Å². The van der Waals surface area contributed by atoms with E-state index in [2.05, 4.69) is 18.7 Å². The molecule has 0 spiro atoms. The number of aromatic nitrogens is 1. The standard InChI is InChI=1S/C25H23FN2O/c1-15(2)24-22(14-29)23(16-7-9-18(26)10-8-16)21-6-4-5-17-13-19(27-3)11-12-20(17)25(21)28-24/h7-13,15,29H,4-6,14H2,1-2H3. The van der Waals surface area contributed by atoms with E-state index >= 15 is 0 Å². The van der Waals surface area contributed by atoms with Crippen molar-refractivity contribution in [3.8, 4) is 22.4 Å². The number of hydrogen-bond donors (Lipinski definition) is 1. The molecule has 146 valence electrons. The lowest BCUT2D eigenvalue weighted by molar-refractivity contribution is 0.280. The minimum atomic E-state index is -0.277. The van der Waals surface area contributed by atoms with Crippen molar-refractivity contribution in [2.24, 2.45) is 0 Å². The van der Waals surface area contributed by atoms with Crippen LogP contribution in [-0.4, -0.2) is 10.1 Å². The topological polar surface area (TPSA) is 37.5 Å². The zero-order chi connectivity index (χ0) is 20.5. The molecule has 0 bridgehead atoms. The largest absolute Gasteiger partial charge is 0.392 e. The Labute approximate surface area is 170 Å². The first-order chi connectivity index (χ1) is 14.0. The van der Waals surface area contributed by atoms with Crippen molar-refractivity contribution >= 4 is 5.69 Å². The first-order valence-electron chi connectivity index (χ1n) is 9.96. The number of aliphatic hydroxyl groups excluding tert-OH is 1. The van der Waals surface area contributed by atoms with Crippen molar-refractivity contribution in [3.63, 3.8) is 0 Å². The second-order valence-electron chi connectivity index (χ2n) is 7.80. The third-order valence-electron chi connectivity index (χ3n) is 5.61. The normalized spacial score (nSPS) is 12.8. The number of rotatable bonds is 3. The SMILES string of the molecule is [C-]#[N+]c1ccc2c(c1)CCCc1c-2nc(C(C)C)c(CO)c1-c1ccc(F)cc1. The van der Waals surface area contributed by atoms with Crippen LogP contribution in [0.1, 0.15) is 48.6 Å². The summed E-state index contributed by atoms with van der Waals surface area (Å²) in [6.45, 7) is 11.4. The predicted octanol–water partition coefficient (Wildman–Crippen LogP) is 6.21. The third-order valence-corrected chi connectivity index (χ3v) is 5.61. The van der Waals surface area contributed by atoms with Gasteiger partial charge in [0, 0.05) is 16.8 Å². The average molecular weight is 386 g/mol. The highest BCUT2D eigenvalue weighted by Gasteiger charge is 2.25. The summed E-state index contributed by atoms with van der Waals surface area (Å²) in [7, 11) is 0. The van der Waals surface area contributed by atoms with Gasteiger partial charge in [-0.05, 0) is 59.6 Å². The number of pyridine rings is 1. The van der Waals surface area contributed by atoms with E-state index in [1.165, 1.54) is 12.1 Å². The molecule has 0 unspecified atom stereocenters. The number of hydrogen-bond acceptors (Lipinski definition) is 2. The van der Waals surface area contributed by atoms with Crippen LogP contribution in [0, 0.1) is 12.4 Å². The Kier molecular flexibility index (Phi) is 5.17. The summed E-state index contributed by atoms with van der Waals surface area (Å²) in [6.07, 6.45) is 2.63. The van der Waals surface area contributed by atoms with Gasteiger partial charge in [0.15, 0.2) is 5.69 Å². The molecule has 1 heterocycles. The number of aryl methyl sites for hydroxylation is 1. The minimum absolute atomic E-state index is 0.107. The molecule has 1 N–H and O–H groups in total. The molecular weight excluding hydrogens is 363 g/mol. The van der Waals surface area contributed by atoms with E-state index in [0.29, 0.717) is 5.69 Å². The highest BCUT2D eigenvalue weighted by atomic mass is 19.1. The molecule has 1 aromatic heterocycles. The van der Waals surface area contributed by atoms with Crippen LogP contribution in [0.3, 0.4) is 0 Å². The molecule has 0 aliphatic heterocycles. The summed E-state index contributed by atoms with van der Waals surface area (Å²) in [4.78, 5) is 8.61. The van der Waals surface area contributed by atoms with Gasteiger partial charge in [-0.15, -0.1) is 0 Å². The molecule has 4 rings (SSSR count). The summed E-state index contributed by atoms with van der Waals surface area (Å²) in [5, 5.41) is 10.3. The summed E-state index contributed by atoms with van der Waals surface area (Å²) < 4.78 is 13.6. The molecule has 0 saturated carbocycles. The Bertz CT molecular complexity index is 1110. The van der Waals surface area contributed by atoms with E-state index in [1.807, 2.05) is 18.2 Å². The molecule has 0 atom stereocenters. The van der Waals surface area contributed by atoms with Gasteiger partial charge in [-0.1, -0.05) is 44.2 Å². The van der Waals surface area contributed by atoms with E-state index in [9.17, 15) is 9.50 Å². The molecule has 0 fully saturated rings. The molecule has 4 heteroatoms. The van der Waals surface area contributed by atoms with Crippen LogP contribution < -0.4 is 0 Å². The van der Waals surface area contributed by atoms with Crippen LogP contribution in [0.15, 0.2) is 42.5 Å². The van der Waals surface area contributed by atoms with Gasteiger partial charge >= 0.3 is 0 Å². The molecule has 1 aliphatic carbocycles. The van der Waals surface area contributed by atoms with Crippen molar-refractivity contribution in [2.75, 3.05) is 0 Å². The van der Waals surface area contributed by atoms with Crippen LogP contribution in [0.2, 0.25) is 0 Å². The lowest BCUT2D eigenvalue weighted by atomic mass is 9.87. The highest BCUT2D eigenvalue weighted by molar-refractivity contribution is 5.82. The quantitative estimate of drug-likeness (QED) is 0.543. The maximum absolute atomic E-state index is 13.6. The highest BCUT2D eigenvalue weighted by Crippen LogP contribution is 2.42. The molecule has 1 aliphatic rings. The zero-order valence-electron chi connectivity index (χ0n) is 16.7. The third kappa shape index (κ3) is 3.43. The van der Waals surface area contributed by atoms with E-state index in [4.69, 9.17) is 11.6 Å². The molecule has 3 nitrogen and oxygen atoms in total. The number of aliphatic hydroxyl groups is 1. The van der Waals surface area contributed by atoms with Gasteiger partial charge in [-0.2, -0.15) is 0 Å². The maximum Gasteiger partial charge on any atom is 0.187 e. The van der Waals surface area contributed by atoms with Crippen molar-refractivity contribution in [1.82, 2.24) is 4.98 Å². The van der Waals surface area contributed by atoms with Crippen LogP contribution in [0.25, 0.3) is 27.2 Å². The average Bonchev–Trinajstić information content (AvgIpc) is 2.91. The molecule has 0 radical (unpaired) electrons. The number of benzene rings is 2. The van der Waals surface area contributed by atoms with Crippen molar-refractivity contribution in [2.45, 2.75) is 45.6 Å². The van der Waals surface area contributed by atoms with Crippen molar-refractivity contribution < 1.29 is 9.50 Å². The molecule has 29 heavy (non-hydrogen) atoms.